The fourth-order valence-electron chi connectivity index (χ4n) is 1.64. The molecule has 0 amide bonds. The second-order valence-corrected chi connectivity index (χ2v) is 3.23. The molecule has 0 saturated carbocycles. The van der Waals surface area contributed by atoms with E-state index >= 15 is 0 Å². The molecule has 1 rings (SSSR count). The molecule has 11 heavy (non-hydrogen) atoms. The van der Waals surface area contributed by atoms with Crippen LogP contribution in [-0.2, 0) is 0 Å². The summed E-state index contributed by atoms with van der Waals surface area (Å²) in [5.74, 6) is 0. The summed E-state index contributed by atoms with van der Waals surface area (Å²) in [6.07, 6.45) is 0. The van der Waals surface area contributed by atoms with Gasteiger partial charge in [-0.1, -0.05) is 6.92 Å². The first kappa shape index (κ1) is 8.97. The van der Waals surface area contributed by atoms with Gasteiger partial charge in [0, 0.05) is 25.7 Å². The SMILES string of the molecule is CCN1CCN(C)C[C@H]1CO. The van der Waals surface area contributed by atoms with Gasteiger partial charge in [-0.3, -0.25) is 4.90 Å². The summed E-state index contributed by atoms with van der Waals surface area (Å²) in [6.45, 7) is 6.72. The van der Waals surface area contributed by atoms with Crippen LogP contribution in [-0.4, -0.2) is 60.8 Å². The van der Waals surface area contributed by atoms with E-state index < -0.39 is 0 Å². The maximum Gasteiger partial charge on any atom is 0.0599 e. The summed E-state index contributed by atoms with van der Waals surface area (Å²) >= 11 is 0. The van der Waals surface area contributed by atoms with Crippen molar-refractivity contribution in [3.63, 3.8) is 0 Å². The van der Waals surface area contributed by atoms with Gasteiger partial charge in [0.15, 0.2) is 0 Å². The standard InChI is InChI=1S/C8H18N2O/c1-3-10-5-4-9(2)6-8(10)7-11/h8,11H,3-7H2,1-2H3/t8-/m0/s1. The van der Waals surface area contributed by atoms with Gasteiger partial charge in [0.05, 0.1) is 6.61 Å². The molecule has 3 nitrogen and oxygen atoms in total. The van der Waals surface area contributed by atoms with Crippen LogP contribution < -0.4 is 0 Å². The predicted molar refractivity (Wildman–Crippen MR) is 45.6 cm³/mol. The van der Waals surface area contributed by atoms with Gasteiger partial charge in [0.2, 0.25) is 0 Å². The Morgan fingerprint density at radius 1 is 1.45 bits per heavy atom. The molecule has 1 atom stereocenters. The lowest BCUT2D eigenvalue weighted by Gasteiger charge is -2.38. The highest BCUT2D eigenvalue weighted by molar-refractivity contribution is 4.78. The molecule has 0 bridgehead atoms. The van der Waals surface area contributed by atoms with E-state index in [1.54, 1.807) is 0 Å². The minimum Gasteiger partial charge on any atom is -0.395 e. The molecule has 0 radical (unpaired) electrons. The van der Waals surface area contributed by atoms with Crippen molar-refractivity contribution < 1.29 is 5.11 Å². The van der Waals surface area contributed by atoms with Gasteiger partial charge in [-0.15, -0.1) is 0 Å². The van der Waals surface area contributed by atoms with Crippen LogP contribution in [0.5, 0.6) is 0 Å². The van der Waals surface area contributed by atoms with Crippen molar-refractivity contribution in [1.29, 1.82) is 0 Å². The molecule has 0 aromatic carbocycles. The Hall–Kier alpha value is -0.120. The Kier molecular flexibility index (Phi) is 3.30. The number of piperazine rings is 1. The summed E-state index contributed by atoms with van der Waals surface area (Å²) in [7, 11) is 2.11. The topological polar surface area (TPSA) is 26.7 Å². The zero-order valence-electron chi connectivity index (χ0n) is 7.45. The van der Waals surface area contributed by atoms with Crippen molar-refractivity contribution in [3.8, 4) is 0 Å². The molecule has 1 aliphatic heterocycles. The van der Waals surface area contributed by atoms with Crippen molar-refractivity contribution >= 4 is 0 Å². The van der Waals surface area contributed by atoms with Gasteiger partial charge in [0.1, 0.15) is 0 Å². The molecule has 1 aliphatic rings. The number of aliphatic hydroxyl groups excluding tert-OH is 1. The predicted octanol–water partition coefficient (Wildman–Crippen LogP) is -0.385. The summed E-state index contributed by atoms with van der Waals surface area (Å²) < 4.78 is 0. The molecule has 66 valence electrons. The van der Waals surface area contributed by atoms with Crippen molar-refractivity contribution in [2.45, 2.75) is 13.0 Å². The maximum absolute atomic E-state index is 9.04. The molecule has 0 spiro atoms. The third kappa shape index (κ3) is 2.15. The van der Waals surface area contributed by atoms with Gasteiger partial charge < -0.3 is 10.0 Å². The fraction of sp³-hybridized carbons (Fsp3) is 1.00. The van der Waals surface area contributed by atoms with E-state index in [1.807, 2.05) is 0 Å². The number of rotatable bonds is 2. The Morgan fingerprint density at radius 2 is 2.18 bits per heavy atom. The first-order valence-electron chi connectivity index (χ1n) is 4.31. The molecule has 0 aromatic heterocycles. The third-order valence-electron chi connectivity index (χ3n) is 2.42. The van der Waals surface area contributed by atoms with Crippen LogP contribution in [0.1, 0.15) is 6.92 Å². The van der Waals surface area contributed by atoms with Crippen LogP contribution in [0.15, 0.2) is 0 Å². The zero-order valence-corrected chi connectivity index (χ0v) is 7.45. The van der Waals surface area contributed by atoms with Crippen LogP contribution in [0.3, 0.4) is 0 Å². The van der Waals surface area contributed by atoms with E-state index in [1.165, 1.54) is 0 Å². The first-order chi connectivity index (χ1) is 5.27. The van der Waals surface area contributed by atoms with E-state index in [2.05, 4.69) is 23.8 Å². The van der Waals surface area contributed by atoms with Gasteiger partial charge in [0.25, 0.3) is 0 Å². The summed E-state index contributed by atoms with van der Waals surface area (Å²) in [6, 6.07) is 0.360. The fourth-order valence-corrected chi connectivity index (χ4v) is 1.64. The average molecular weight is 158 g/mol. The highest BCUT2D eigenvalue weighted by Gasteiger charge is 2.22. The van der Waals surface area contributed by atoms with Gasteiger partial charge in [-0.25, -0.2) is 0 Å². The van der Waals surface area contributed by atoms with Gasteiger partial charge in [-0.2, -0.15) is 0 Å². The normalized spacial score (nSPS) is 29.2. The van der Waals surface area contributed by atoms with E-state index in [4.69, 9.17) is 5.11 Å². The van der Waals surface area contributed by atoms with Gasteiger partial charge >= 0.3 is 0 Å². The largest absolute Gasteiger partial charge is 0.395 e. The zero-order chi connectivity index (χ0) is 8.27. The highest BCUT2D eigenvalue weighted by Crippen LogP contribution is 2.06. The molecular weight excluding hydrogens is 140 g/mol. The van der Waals surface area contributed by atoms with E-state index in [0.29, 0.717) is 6.04 Å². The Morgan fingerprint density at radius 3 is 2.73 bits per heavy atom. The maximum atomic E-state index is 9.04. The van der Waals surface area contributed by atoms with Crippen LogP contribution in [0, 0.1) is 0 Å². The molecular formula is C8H18N2O. The summed E-state index contributed by atoms with van der Waals surface area (Å²) in [4.78, 5) is 4.60. The minimum absolute atomic E-state index is 0.290. The quantitative estimate of drug-likeness (QED) is 0.593. The number of hydrogen-bond acceptors (Lipinski definition) is 3. The van der Waals surface area contributed by atoms with Crippen molar-refractivity contribution in [2.24, 2.45) is 0 Å². The molecule has 0 aromatic rings. The molecule has 1 heterocycles. The number of hydrogen-bond donors (Lipinski definition) is 1. The van der Waals surface area contributed by atoms with Crippen molar-refractivity contribution in [3.05, 3.63) is 0 Å². The minimum atomic E-state index is 0.290. The molecule has 0 aliphatic carbocycles. The van der Waals surface area contributed by atoms with Crippen molar-refractivity contribution in [1.82, 2.24) is 9.80 Å². The van der Waals surface area contributed by atoms with Crippen LogP contribution >= 0.6 is 0 Å². The van der Waals surface area contributed by atoms with E-state index in [9.17, 15) is 0 Å². The Bertz CT molecular complexity index is 119. The van der Waals surface area contributed by atoms with Crippen LogP contribution in [0.4, 0.5) is 0 Å². The lowest BCUT2D eigenvalue weighted by molar-refractivity contribution is 0.0552. The lowest BCUT2D eigenvalue weighted by atomic mass is 10.2. The molecule has 0 unspecified atom stereocenters. The third-order valence-corrected chi connectivity index (χ3v) is 2.42. The molecule has 1 N–H and O–H groups in total. The number of likely N-dealkylation sites (N-methyl/N-ethyl adjacent to an activating group) is 2. The molecule has 1 saturated heterocycles. The second-order valence-electron chi connectivity index (χ2n) is 3.23. The summed E-state index contributed by atoms with van der Waals surface area (Å²) in [5, 5.41) is 9.04. The summed E-state index contributed by atoms with van der Waals surface area (Å²) in [5.41, 5.74) is 0. The first-order valence-corrected chi connectivity index (χ1v) is 4.31. The van der Waals surface area contributed by atoms with Gasteiger partial charge in [-0.05, 0) is 13.6 Å². The smallest absolute Gasteiger partial charge is 0.0599 e. The Labute approximate surface area is 68.6 Å². The molecule has 1 fully saturated rings. The monoisotopic (exact) mass is 158 g/mol. The highest BCUT2D eigenvalue weighted by atomic mass is 16.3. The van der Waals surface area contributed by atoms with Crippen LogP contribution in [0.2, 0.25) is 0 Å². The van der Waals surface area contributed by atoms with Crippen LogP contribution in [0.25, 0.3) is 0 Å². The second kappa shape index (κ2) is 4.04. The number of aliphatic hydroxyl groups is 1. The van der Waals surface area contributed by atoms with E-state index in [-0.39, 0.29) is 6.61 Å². The number of nitrogens with zero attached hydrogens (tertiary/aromatic N) is 2. The van der Waals surface area contributed by atoms with E-state index in [0.717, 1.165) is 26.2 Å². The lowest BCUT2D eigenvalue weighted by Crippen LogP contribution is -2.53. The van der Waals surface area contributed by atoms with Crippen molar-refractivity contribution in [2.75, 3.05) is 39.8 Å². The Balaban J connectivity index is 2.41. The molecule has 3 heteroatoms. The average Bonchev–Trinajstić information content (AvgIpc) is 2.04.